The summed E-state index contributed by atoms with van der Waals surface area (Å²) < 4.78 is 0. The highest BCUT2D eigenvalue weighted by Gasteiger charge is 2.25. The molecule has 1 aliphatic rings. The highest BCUT2D eigenvalue weighted by Crippen LogP contribution is 2.32. The second-order valence-electron chi connectivity index (χ2n) is 6.08. The molecular weight excluding hydrogens is 208 g/mol. The van der Waals surface area contributed by atoms with Crippen molar-refractivity contribution in [1.82, 2.24) is 10.2 Å². The Morgan fingerprint density at radius 3 is 2.65 bits per heavy atom. The minimum Gasteiger partial charge on any atom is -0.316 e. The molecule has 0 amide bonds. The van der Waals surface area contributed by atoms with Crippen molar-refractivity contribution >= 4 is 0 Å². The SMILES string of the molecule is CC1=C[C@@H](C)[C@H](CNCCCN(C)C)[C@@H](C)C1. The minimum atomic E-state index is 0.736. The first-order valence-electron chi connectivity index (χ1n) is 7.03. The summed E-state index contributed by atoms with van der Waals surface area (Å²) in [5.74, 6) is 2.38. The molecule has 0 radical (unpaired) electrons. The molecule has 0 fully saturated rings. The zero-order valence-electron chi connectivity index (χ0n) is 12.3. The molecule has 1 aliphatic carbocycles. The number of rotatable bonds is 6. The van der Waals surface area contributed by atoms with Crippen LogP contribution in [-0.4, -0.2) is 38.6 Å². The topological polar surface area (TPSA) is 15.3 Å². The van der Waals surface area contributed by atoms with E-state index in [4.69, 9.17) is 0 Å². The smallest absolute Gasteiger partial charge is 0.00123 e. The maximum absolute atomic E-state index is 3.63. The first-order chi connectivity index (χ1) is 8.00. The predicted octanol–water partition coefficient (Wildman–Crippen LogP) is 2.77. The molecular formula is C15H30N2. The molecule has 0 aromatic rings. The van der Waals surface area contributed by atoms with Crippen LogP contribution in [0.2, 0.25) is 0 Å². The van der Waals surface area contributed by atoms with Crippen LogP contribution in [-0.2, 0) is 0 Å². The van der Waals surface area contributed by atoms with Crippen molar-refractivity contribution in [1.29, 1.82) is 0 Å². The molecule has 0 bridgehead atoms. The molecule has 0 saturated carbocycles. The second-order valence-corrected chi connectivity index (χ2v) is 6.08. The lowest BCUT2D eigenvalue weighted by molar-refractivity contribution is 0.260. The third-order valence-corrected chi connectivity index (χ3v) is 3.94. The Kier molecular flexibility index (Phi) is 6.21. The number of nitrogens with one attached hydrogen (secondary N) is 1. The molecule has 1 rings (SSSR count). The maximum atomic E-state index is 3.63. The maximum Gasteiger partial charge on any atom is -0.00123 e. The summed E-state index contributed by atoms with van der Waals surface area (Å²) in [6.45, 7) is 10.6. The monoisotopic (exact) mass is 238 g/mol. The zero-order valence-corrected chi connectivity index (χ0v) is 12.3. The Bertz CT molecular complexity index is 245. The van der Waals surface area contributed by atoms with E-state index >= 15 is 0 Å². The van der Waals surface area contributed by atoms with Crippen LogP contribution in [0, 0.1) is 17.8 Å². The first-order valence-corrected chi connectivity index (χ1v) is 7.03. The van der Waals surface area contributed by atoms with Crippen molar-refractivity contribution in [3.63, 3.8) is 0 Å². The average Bonchev–Trinajstić information content (AvgIpc) is 2.20. The quantitative estimate of drug-likeness (QED) is 0.565. The third-order valence-electron chi connectivity index (χ3n) is 3.94. The van der Waals surface area contributed by atoms with Crippen molar-refractivity contribution in [2.75, 3.05) is 33.7 Å². The van der Waals surface area contributed by atoms with Gasteiger partial charge < -0.3 is 10.2 Å². The largest absolute Gasteiger partial charge is 0.316 e. The van der Waals surface area contributed by atoms with Crippen LogP contribution in [0.5, 0.6) is 0 Å². The number of hydrogen-bond donors (Lipinski definition) is 1. The number of allylic oxidation sites excluding steroid dienone is 2. The molecule has 0 unspecified atom stereocenters. The van der Waals surface area contributed by atoms with Gasteiger partial charge >= 0.3 is 0 Å². The fourth-order valence-corrected chi connectivity index (χ4v) is 2.99. The van der Waals surface area contributed by atoms with E-state index in [1.807, 2.05) is 0 Å². The molecule has 0 saturated heterocycles. The molecule has 3 atom stereocenters. The molecule has 100 valence electrons. The first kappa shape index (κ1) is 14.7. The predicted molar refractivity (Wildman–Crippen MR) is 76.2 cm³/mol. The Morgan fingerprint density at radius 1 is 1.35 bits per heavy atom. The summed E-state index contributed by atoms with van der Waals surface area (Å²) in [4.78, 5) is 2.25. The molecule has 0 aromatic heterocycles. The highest BCUT2D eigenvalue weighted by molar-refractivity contribution is 5.08. The normalized spacial score (nSPS) is 29.5. The Labute approximate surface area is 107 Å². The second kappa shape index (κ2) is 7.17. The van der Waals surface area contributed by atoms with E-state index < -0.39 is 0 Å². The van der Waals surface area contributed by atoms with Gasteiger partial charge in [-0.3, -0.25) is 0 Å². The zero-order chi connectivity index (χ0) is 12.8. The van der Waals surface area contributed by atoms with Crippen LogP contribution in [0.15, 0.2) is 11.6 Å². The highest BCUT2D eigenvalue weighted by atomic mass is 15.1. The van der Waals surface area contributed by atoms with E-state index in [1.165, 1.54) is 25.9 Å². The van der Waals surface area contributed by atoms with E-state index in [9.17, 15) is 0 Å². The van der Waals surface area contributed by atoms with Gasteiger partial charge in [-0.1, -0.05) is 25.5 Å². The van der Waals surface area contributed by atoms with E-state index in [1.54, 1.807) is 5.57 Å². The number of hydrogen-bond acceptors (Lipinski definition) is 2. The fraction of sp³-hybridized carbons (Fsp3) is 0.867. The Morgan fingerprint density at radius 2 is 2.06 bits per heavy atom. The molecule has 17 heavy (non-hydrogen) atoms. The standard InChI is InChI=1S/C15H30N2/c1-12-9-13(2)15(14(3)10-12)11-16-7-6-8-17(4)5/h9,13-16H,6-8,10-11H2,1-5H3/t13-,14+,15+/m1/s1. The van der Waals surface area contributed by atoms with Crippen LogP contribution in [0.1, 0.15) is 33.6 Å². The molecule has 0 aromatic carbocycles. The van der Waals surface area contributed by atoms with Gasteiger partial charge in [-0.2, -0.15) is 0 Å². The lowest BCUT2D eigenvalue weighted by atomic mass is 9.75. The van der Waals surface area contributed by atoms with Crippen LogP contribution in [0.25, 0.3) is 0 Å². The summed E-state index contributed by atoms with van der Waals surface area (Å²) in [6, 6.07) is 0. The van der Waals surface area contributed by atoms with Crippen molar-refractivity contribution in [3.8, 4) is 0 Å². The van der Waals surface area contributed by atoms with E-state index in [-0.39, 0.29) is 0 Å². The summed E-state index contributed by atoms with van der Waals surface area (Å²) in [6.07, 6.45) is 5.00. The van der Waals surface area contributed by atoms with Gasteiger partial charge in [0.05, 0.1) is 0 Å². The Balaban J connectivity index is 2.22. The fourth-order valence-electron chi connectivity index (χ4n) is 2.99. The summed E-state index contributed by atoms with van der Waals surface area (Å²) >= 11 is 0. The summed E-state index contributed by atoms with van der Waals surface area (Å²) in [7, 11) is 4.28. The number of nitrogens with zero attached hydrogens (tertiary/aromatic N) is 1. The van der Waals surface area contributed by atoms with Crippen molar-refractivity contribution in [3.05, 3.63) is 11.6 Å². The van der Waals surface area contributed by atoms with Gasteiger partial charge in [-0.25, -0.2) is 0 Å². The summed E-state index contributed by atoms with van der Waals surface area (Å²) in [5, 5.41) is 3.63. The summed E-state index contributed by atoms with van der Waals surface area (Å²) in [5.41, 5.74) is 1.58. The van der Waals surface area contributed by atoms with Crippen LogP contribution >= 0.6 is 0 Å². The Hall–Kier alpha value is -0.340. The molecule has 0 heterocycles. The van der Waals surface area contributed by atoms with Crippen molar-refractivity contribution < 1.29 is 0 Å². The third kappa shape index (κ3) is 5.22. The van der Waals surface area contributed by atoms with Gasteiger partial charge in [0.2, 0.25) is 0 Å². The van der Waals surface area contributed by atoms with Gasteiger partial charge in [-0.05, 0) is 71.2 Å². The van der Waals surface area contributed by atoms with Crippen molar-refractivity contribution in [2.45, 2.75) is 33.6 Å². The molecule has 0 aliphatic heterocycles. The van der Waals surface area contributed by atoms with Gasteiger partial charge in [0.15, 0.2) is 0 Å². The molecule has 1 N–H and O–H groups in total. The van der Waals surface area contributed by atoms with Gasteiger partial charge in [-0.15, -0.1) is 0 Å². The lowest BCUT2D eigenvalue weighted by Gasteiger charge is -2.33. The van der Waals surface area contributed by atoms with E-state index in [0.717, 1.165) is 24.3 Å². The van der Waals surface area contributed by atoms with E-state index in [0.29, 0.717) is 0 Å². The van der Waals surface area contributed by atoms with Crippen LogP contribution in [0.3, 0.4) is 0 Å². The van der Waals surface area contributed by atoms with Gasteiger partial charge in [0, 0.05) is 0 Å². The van der Waals surface area contributed by atoms with E-state index in [2.05, 4.69) is 51.2 Å². The molecule has 2 heteroatoms. The van der Waals surface area contributed by atoms with Crippen molar-refractivity contribution in [2.24, 2.45) is 17.8 Å². The minimum absolute atomic E-state index is 0.736. The van der Waals surface area contributed by atoms with Gasteiger partial charge in [0.25, 0.3) is 0 Å². The van der Waals surface area contributed by atoms with Gasteiger partial charge in [0.1, 0.15) is 0 Å². The van der Waals surface area contributed by atoms with Crippen LogP contribution < -0.4 is 5.32 Å². The lowest BCUT2D eigenvalue weighted by Crippen LogP contribution is -2.34. The van der Waals surface area contributed by atoms with Crippen LogP contribution in [0.4, 0.5) is 0 Å². The molecule has 0 spiro atoms. The average molecular weight is 238 g/mol. The molecule has 2 nitrogen and oxygen atoms in total.